The van der Waals surface area contributed by atoms with Gasteiger partial charge in [-0.2, -0.15) is 4.98 Å². The Morgan fingerprint density at radius 2 is 1.67 bits per heavy atom. The smallest absolute Gasteiger partial charge is 0.407 e. The van der Waals surface area contributed by atoms with Crippen LogP contribution in [0.1, 0.15) is 53.7 Å². The number of aliphatic carboxylic acids is 1. The number of nitrogens with two attached hydrogens (primary N) is 2. The molecule has 2 aromatic carbocycles. The van der Waals surface area contributed by atoms with Crippen molar-refractivity contribution in [3.63, 3.8) is 0 Å². The van der Waals surface area contributed by atoms with Crippen LogP contribution < -0.4 is 38.3 Å². The molecule has 0 aliphatic rings. The third-order valence-electron chi connectivity index (χ3n) is 7.42. The Labute approximate surface area is 290 Å². The van der Waals surface area contributed by atoms with Crippen molar-refractivity contribution in [3.8, 4) is 0 Å². The molecule has 4 amide bonds. The lowest BCUT2D eigenvalue weighted by Gasteiger charge is -2.21. The van der Waals surface area contributed by atoms with Crippen molar-refractivity contribution in [2.45, 2.75) is 57.3 Å². The van der Waals surface area contributed by atoms with Crippen LogP contribution in [-0.4, -0.2) is 73.5 Å². The van der Waals surface area contributed by atoms with E-state index in [0.29, 0.717) is 24.2 Å². The molecule has 0 aliphatic heterocycles. The van der Waals surface area contributed by atoms with Gasteiger partial charge in [0.25, 0.3) is 11.5 Å². The monoisotopic (exact) mass is 702 g/mol. The maximum atomic E-state index is 13.1. The van der Waals surface area contributed by atoms with Gasteiger partial charge in [0.15, 0.2) is 11.2 Å². The van der Waals surface area contributed by atoms with E-state index in [2.05, 4.69) is 41.2 Å². The van der Waals surface area contributed by atoms with Crippen LogP contribution in [0.25, 0.3) is 11.2 Å². The highest BCUT2D eigenvalue weighted by atomic mass is 16.5. The van der Waals surface area contributed by atoms with E-state index < -0.39 is 47.4 Å². The van der Waals surface area contributed by atoms with Gasteiger partial charge >= 0.3 is 12.1 Å². The minimum absolute atomic E-state index is 0.0337. The fraction of sp³-hybridized carbons (Fsp3) is 0.303. The Bertz CT molecular complexity index is 1900. The second-order valence-corrected chi connectivity index (χ2v) is 11.3. The molecule has 0 spiro atoms. The van der Waals surface area contributed by atoms with Crippen molar-refractivity contribution in [1.29, 1.82) is 0 Å². The van der Waals surface area contributed by atoms with Crippen LogP contribution in [0, 0.1) is 0 Å². The average Bonchev–Trinajstić information content (AvgIpc) is 3.11. The SMILES string of the molecule is NC(=O)CC[C@H](NC(=O)c1ccc(NCc2cnc3nc(N)[nH]c(=O)c3n2)cc1)C(=O)N[C@@H](CCCCNC(=O)OCc1ccccc1)C(=O)O. The van der Waals surface area contributed by atoms with Crippen LogP contribution in [0.2, 0.25) is 0 Å². The van der Waals surface area contributed by atoms with Gasteiger partial charge in [-0.1, -0.05) is 30.3 Å². The van der Waals surface area contributed by atoms with Crippen molar-refractivity contribution < 1.29 is 33.8 Å². The second-order valence-electron chi connectivity index (χ2n) is 11.3. The summed E-state index contributed by atoms with van der Waals surface area (Å²) >= 11 is 0. The Hall–Kier alpha value is -6.59. The van der Waals surface area contributed by atoms with E-state index in [1.807, 2.05) is 30.3 Å². The zero-order valence-corrected chi connectivity index (χ0v) is 27.4. The largest absolute Gasteiger partial charge is 0.480 e. The molecule has 2 aromatic heterocycles. The molecule has 51 heavy (non-hydrogen) atoms. The van der Waals surface area contributed by atoms with Crippen LogP contribution in [-0.2, 0) is 32.3 Å². The number of alkyl carbamates (subject to hydrolysis) is 1. The van der Waals surface area contributed by atoms with Gasteiger partial charge in [-0.15, -0.1) is 0 Å². The third kappa shape index (κ3) is 11.8. The number of nitrogens with one attached hydrogen (secondary N) is 5. The molecule has 18 heteroatoms. The molecule has 0 aliphatic carbocycles. The maximum absolute atomic E-state index is 13.1. The van der Waals surface area contributed by atoms with Gasteiger partial charge in [-0.25, -0.2) is 19.6 Å². The Balaban J connectivity index is 1.26. The van der Waals surface area contributed by atoms with E-state index in [1.165, 1.54) is 18.3 Å². The number of fused-ring (bicyclic) bond motifs is 1. The Morgan fingerprint density at radius 3 is 2.37 bits per heavy atom. The van der Waals surface area contributed by atoms with Crippen molar-refractivity contribution >= 4 is 52.6 Å². The summed E-state index contributed by atoms with van der Waals surface area (Å²) in [5.41, 5.74) is 12.5. The first-order valence-electron chi connectivity index (χ1n) is 15.9. The molecule has 2 atom stereocenters. The summed E-state index contributed by atoms with van der Waals surface area (Å²) in [5, 5.41) is 20.4. The number of anilines is 2. The number of aromatic nitrogens is 4. The predicted molar refractivity (Wildman–Crippen MR) is 184 cm³/mol. The summed E-state index contributed by atoms with van der Waals surface area (Å²) in [6, 6.07) is 12.8. The molecule has 4 rings (SSSR count). The van der Waals surface area contributed by atoms with Gasteiger partial charge < -0.3 is 42.6 Å². The molecule has 0 saturated heterocycles. The molecule has 0 radical (unpaired) electrons. The zero-order valence-electron chi connectivity index (χ0n) is 27.4. The average molecular weight is 703 g/mol. The van der Waals surface area contributed by atoms with Crippen molar-refractivity contribution in [2.75, 3.05) is 17.6 Å². The molecule has 10 N–H and O–H groups in total. The molecule has 0 fully saturated rings. The first kappa shape index (κ1) is 37.2. The number of nitrogen functional groups attached to an aromatic ring is 1. The van der Waals surface area contributed by atoms with Crippen molar-refractivity contribution in [1.82, 2.24) is 35.9 Å². The number of unbranched alkanes of at least 4 members (excludes halogenated alkanes) is 1. The minimum atomic E-state index is -1.29. The van der Waals surface area contributed by atoms with Crippen LogP contribution in [0.15, 0.2) is 65.6 Å². The summed E-state index contributed by atoms with van der Waals surface area (Å²) in [4.78, 5) is 88.3. The first-order valence-corrected chi connectivity index (χ1v) is 15.9. The highest BCUT2D eigenvalue weighted by Crippen LogP contribution is 2.13. The summed E-state index contributed by atoms with van der Waals surface area (Å²) < 4.78 is 5.14. The van der Waals surface area contributed by atoms with Crippen LogP contribution >= 0.6 is 0 Å². The standard InChI is InChI=1S/C33H38N10O8/c34-25(44)14-13-23(29(46)41-24(31(48)49)8-4-5-15-36-33(50)51-18-19-6-2-1-3-7-19)40-28(45)20-9-11-21(12-10-20)37-16-22-17-38-27-26(39-22)30(47)43-32(35)42-27/h1-3,6-7,9-12,17,23-24,37H,4-5,8,13-16,18H2,(H2,34,44)(H,36,50)(H,40,45)(H,41,46)(H,48,49)(H3,35,38,42,43,47)/t23-,24-/m0/s1. The van der Waals surface area contributed by atoms with Crippen LogP contribution in [0.5, 0.6) is 0 Å². The summed E-state index contributed by atoms with van der Waals surface area (Å²) in [5.74, 6) is -3.51. The fourth-order valence-electron chi connectivity index (χ4n) is 4.75. The van der Waals surface area contributed by atoms with E-state index in [9.17, 15) is 33.9 Å². The number of rotatable bonds is 18. The van der Waals surface area contributed by atoms with Crippen LogP contribution in [0.4, 0.5) is 16.4 Å². The number of hydrogen-bond donors (Lipinski definition) is 8. The molecule has 18 nitrogen and oxygen atoms in total. The number of aromatic amines is 1. The highest BCUT2D eigenvalue weighted by Gasteiger charge is 2.27. The lowest BCUT2D eigenvalue weighted by Crippen LogP contribution is -2.51. The second kappa shape index (κ2) is 18.2. The van der Waals surface area contributed by atoms with Crippen molar-refractivity contribution in [2.24, 2.45) is 5.73 Å². The number of nitrogens with zero attached hydrogens (tertiary/aromatic N) is 3. The molecular weight excluding hydrogens is 664 g/mol. The molecule has 0 unspecified atom stereocenters. The molecule has 0 bridgehead atoms. The first-order chi connectivity index (χ1) is 24.5. The number of carboxylic acid groups (broad SMARTS) is 1. The van der Waals surface area contributed by atoms with Gasteiger partial charge in [0.2, 0.25) is 17.8 Å². The summed E-state index contributed by atoms with van der Waals surface area (Å²) in [6.07, 6.45) is 1.23. The third-order valence-corrected chi connectivity index (χ3v) is 7.42. The number of amides is 4. The number of H-pyrrole nitrogens is 1. The van der Waals surface area contributed by atoms with E-state index in [-0.39, 0.29) is 61.6 Å². The zero-order chi connectivity index (χ0) is 36.8. The predicted octanol–water partition coefficient (Wildman–Crippen LogP) is 0.937. The molecule has 2 heterocycles. The van der Waals surface area contributed by atoms with Gasteiger partial charge in [0.1, 0.15) is 18.7 Å². The van der Waals surface area contributed by atoms with Gasteiger partial charge in [0.05, 0.1) is 18.4 Å². The molecular formula is C33H38N10O8. The topological polar surface area (TPSA) is 286 Å². The lowest BCUT2D eigenvalue weighted by molar-refractivity contribution is -0.142. The van der Waals surface area contributed by atoms with E-state index in [4.69, 9.17) is 16.2 Å². The van der Waals surface area contributed by atoms with Crippen molar-refractivity contribution in [3.05, 3.63) is 88.0 Å². The molecule has 268 valence electrons. The van der Waals surface area contributed by atoms with E-state index >= 15 is 0 Å². The van der Waals surface area contributed by atoms with Gasteiger partial charge in [-0.05, 0) is 55.5 Å². The number of carbonyl (C=O) groups excluding carboxylic acids is 4. The Morgan fingerprint density at radius 1 is 0.922 bits per heavy atom. The minimum Gasteiger partial charge on any atom is -0.480 e. The number of ether oxygens (including phenoxy) is 1. The number of primary amides is 1. The fourth-order valence-corrected chi connectivity index (χ4v) is 4.75. The van der Waals surface area contributed by atoms with E-state index in [1.54, 1.807) is 12.1 Å². The summed E-state index contributed by atoms with van der Waals surface area (Å²) in [6.45, 7) is 0.529. The van der Waals surface area contributed by atoms with Gasteiger partial charge in [-0.3, -0.25) is 24.2 Å². The molecule has 4 aromatic rings. The molecule has 0 saturated carbocycles. The van der Waals surface area contributed by atoms with Crippen LogP contribution in [0.3, 0.4) is 0 Å². The number of benzene rings is 2. The van der Waals surface area contributed by atoms with Gasteiger partial charge in [0, 0.05) is 24.2 Å². The highest BCUT2D eigenvalue weighted by molar-refractivity contribution is 5.98. The number of carbonyl (C=O) groups is 5. The number of hydrogen-bond acceptors (Lipinski definition) is 12. The maximum Gasteiger partial charge on any atom is 0.407 e. The Kier molecular flexibility index (Phi) is 13.3. The lowest BCUT2D eigenvalue weighted by atomic mass is 10.1. The normalized spacial score (nSPS) is 11.9. The number of carboxylic acids is 1. The quantitative estimate of drug-likeness (QED) is 0.0671. The summed E-state index contributed by atoms with van der Waals surface area (Å²) in [7, 11) is 0. The van der Waals surface area contributed by atoms with E-state index in [0.717, 1.165) is 5.56 Å².